The molecule has 0 aliphatic rings. The first-order chi connectivity index (χ1) is 9.59. The summed E-state index contributed by atoms with van der Waals surface area (Å²) in [6.07, 6.45) is 0. The average molecular weight is 310 g/mol. The normalized spacial score (nSPS) is 11.5. The Bertz CT molecular complexity index is 651. The van der Waals surface area contributed by atoms with Crippen LogP contribution in [0.1, 0.15) is 11.8 Å². The number of para-hydroxylation sites is 1. The van der Waals surface area contributed by atoms with Crippen LogP contribution in [0.4, 0.5) is 5.69 Å². The lowest BCUT2D eigenvalue weighted by atomic mass is 10.3. The Morgan fingerprint density at radius 3 is 2.55 bits per heavy atom. The topological polar surface area (TPSA) is 49.4 Å². The number of anilines is 1. The Hall–Kier alpha value is -1.37. The summed E-state index contributed by atoms with van der Waals surface area (Å²) in [5.41, 5.74) is 0.691. The third kappa shape index (κ3) is 3.03. The summed E-state index contributed by atoms with van der Waals surface area (Å²) in [4.78, 5) is 1.37. The molecule has 2 rings (SSSR count). The van der Waals surface area contributed by atoms with E-state index in [2.05, 4.69) is 5.32 Å². The highest BCUT2D eigenvalue weighted by Gasteiger charge is 2.24. The van der Waals surface area contributed by atoms with Gasteiger partial charge in [-0.15, -0.1) is 11.3 Å². The summed E-state index contributed by atoms with van der Waals surface area (Å²) in [6.45, 7) is 2.92. The molecule has 0 atom stereocenters. The highest BCUT2D eigenvalue weighted by Crippen LogP contribution is 2.26. The number of nitrogens with zero attached hydrogens (tertiary/aromatic N) is 1. The van der Waals surface area contributed by atoms with E-state index in [0.717, 1.165) is 4.88 Å². The van der Waals surface area contributed by atoms with E-state index in [-0.39, 0.29) is 0 Å². The average Bonchev–Trinajstić information content (AvgIpc) is 2.90. The Balaban J connectivity index is 2.36. The van der Waals surface area contributed by atoms with E-state index in [0.29, 0.717) is 23.7 Å². The van der Waals surface area contributed by atoms with E-state index in [1.165, 1.54) is 15.6 Å². The Kier molecular flexibility index (Phi) is 4.80. The fourth-order valence-corrected chi connectivity index (χ4v) is 4.72. The standard InChI is InChI=1S/C14H18N2O2S2/c1-3-16(12-7-5-4-6-8-12)20(17,18)14-9-13(10-15-2)19-11-14/h4-9,11,15H,3,10H2,1-2H3. The molecule has 0 radical (unpaired) electrons. The van der Waals surface area contributed by atoms with Crippen molar-refractivity contribution < 1.29 is 8.42 Å². The molecule has 1 aromatic carbocycles. The molecule has 0 saturated carbocycles. The van der Waals surface area contributed by atoms with Crippen LogP contribution >= 0.6 is 11.3 Å². The third-order valence-electron chi connectivity index (χ3n) is 2.90. The SMILES string of the molecule is CCN(c1ccccc1)S(=O)(=O)c1csc(CNC)c1. The predicted molar refractivity (Wildman–Crippen MR) is 83.7 cm³/mol. The first-order valence-corrected chi connectivity index (χ1v) is 8.71. The van der Waals surface area contributed by atoms with Gasteiger partial charge in [0.1, 0.15) is 0 Å². The number of thiophene rings is 1. The number of rotatable bonds is 6. The molecule has 0 unspecified atom stereocenters. The van der Waals surface area contributed by atoms with Crippen LogP contribution in [0.2, 0.25) is 0 Å². The van der Waals surface area contributed by atoms with Crippen molar-refractivity contribution in [3.8, 4) is 0 Å². The van der Waals surface area contributed by atoms with E-state index >= 15 is 0 Å². The van der Waals surface area contributed by atoms with Gasteiger partial charge >= 0.3 is 0 Å². The minimum absolute atomic E-state index is 0.360. The quantitative estimate of drug-likeness (QED) is 0.892. The summed E-state index contributed by atoms with van der Waals surface area (Å²) in [5.74, 6) is 0. The fraction of sp³-hybridized carbons (Fsp3) is 0.286. The number of hydrogen-bond donors (Lipinski definition) is 1. The van der Waals surface area contributed by atoms with Gasteiger partial charge in [0.05, 0.1) is 10.6 Å². The summed E-state index contributed by atoms with van der Waals surface area (Å²) in [5, 5.41) is 4.73. The molecule has 0 saturated heterocycles. The zero-order chi connectivity index (χ0) is 14.6. The molecule has 0 bridgehead atoms. The summed E-state index contributed by atoms with van der Waals surface area (Å²) in [6, 6.07) is 10.9. The van der Waals surface area contributed by atoms with Crippen LogP contribution in [0, 0.1) is 0 Å². The van der Waals surface area contributed by atoms with Crippen LogP contribution in [-0.2, 0) is 16.6 Å². The van der Waals surface area contributed by atoms with Gasteiger partial charge in [-0.25, -0.2) is 8.42 Å². The Morgan fingerprint density at radius 1 is 1.25 bits per heavy atom. The zero-order valence-electron chi connectivity index (χ0n) is 11.5. The third-order valence-corrected chi connectivity index (χ3v) is 5.87. The smallest absolute Gasteiger partial charge is 0.265 e. The molecule has 0 fully saturated rings. The van der Waals surface area contributed by atoms with Crippen molar-refractivity contribution in [3.05, 3.63) is 46.7 Å². The lowest BCUT2D eigenvalue weighted by molar-refractivity contribution is 0.592. The first-order valence-electron chi connectivity index (χ1n) is 6.39. The van der Waals surface area contributed by atoms with Gasteiger partial charge in [-0.2, -0.15) is 0 Å². The monoisotopic (exact) mass is 310 g/mol. The Labute approximate surface area is 124 Å². The van der Waals surface area contributed by atoms with Gasteiger partial charge in [0.25, 0.3) is 10.0 Å². The van der Waals surface area contributed by atoms with Gasteiger partial charge in [-0.1, -0.05) is 18.2 Å². The molecule has 4 nitrogen and oxygen atoms in total. The van der Waals surface area contributed by atoms with Gasteiger partial charge in [-0.3, -0.25) is 4.31 Å². The number of nitrogens with one attached hydrogen (secondary N) is 1. The van der Waals surface area contributed by atoms with Crippen molar-refractivity contribution in [2.45, 2.75) is 18.4 Å². The molecule has 6 heteroatoms. The van der Waals surface area contributed by atoms with Gasteiger partial charge in [0.2, 0.25) is 0 Å². The number of sulfonamides is 1. The van der Waals surface area contributed by atoms with Crippen molar-refractivity contribution in [2.75, 3.05) is 17.9 Å². The minimum Gasteiger partial charge on any atom is -0.315 e. The minimum atomic E-state index is -3.49. The van der Waals surface area contributed by atoms with Crippen LogP contribution in [0.25, 0.3) is 0 Å². The zero-order valence-corrected chi connectivity index (χ0v) is 13.2. The van der Waals surface area contributed by atoms with Crippen LogP contribution in [0.5, 0.6) is 0 Å². The molecule has 0 aliphatic heterocycles. The van der Waals surface area contributed by atoms with Crippen LogP contribution in [-0.4, -0.2) is 22.0 Å². The second-order valence-electron chi connectivity index (χ2n) is 4.28. The van der Waals surface area contributed by atoms with E-state index in [9.17, 15) is 8.42 Å². The lowest BCUT2D eigenvalue weighted by Crippen LogP contribution is -2.30. The summed E-state index contributed by atoms with van der Waals surface area (Å²) >= 11 is 1.46. The summed E-state index contributed by atoms with van der Waals surface area (Å²) < 4.78 is 26.8. The van der Waals surface area contributed by atoms with Crippen molar-refractivity contribution in [2.24, 2.45) is 0 Å². The fourth-order valence-electron chi connectivity index (χ4n) is 1.98. The lowest BCUT2D eigenvalue weighted by Gasteiger charge is -2.22. The van der Waals surface area contributed by atoms with E-state index in [4.69, 9.17) is 0 Å². The maximum atomic E-state index is 12.7. The molecule has 20 heavy (non-hydrogen) atoms. The van der Waals surface area contributed by atoms with Crippen LogP contribution in [0.15, 0.2) is 46.7 Å². The van der Waals surface area contributed by atoms with Gasteiger partial charge in [0.15, 0.2) is 0 Å². The summed E-state index contributed by atoms with van der Waals surface area (Å²) in [7, 11) is -1.64. The molecule has 108 valence electrons. The first kappa shape index (κ1) is 15.0. The number of hydrogen-bond acceptors (Lipinski definition) is 4. The van der Waals surface area contributed by atoms with Crippen molar-refractivity contribution in [1.29, 1.82) is 0 Å². The molecular formula is C14H18N2O2S2. The van der Waals surface area contributed by atoms with Gasteiger partial charge < -0.3 is 5.32 Å². The van der Waals surface area contributed by atoms with Crippen molar-refractivity contribution >= 4 is 27.0 Å². The molecule has 0 spiro atoms. The number of benzene rings is 1. The largest absolute Gasteiger partial charge is 0.315 e. The maximum Gasteiger partial charge on any atom is 0.265 e. The highest BCUT2D eigenvalue weighted by atomic mass is 32.2. The second-order valence-corrected chi connectivity index (χ2v) is 7.14. The molecule has 1 heterocycles. The van der Waals surface area contributed by atoms with E-state index in [1.807, 2.05) is 44.3 Å². The second kappa shape index (κ2) is 6.39. The van der Waals surface area contributed by atoms with Crippen LogP contribution < -0.4 is 9.62 Å². The molecule has 2 aromatic rings. The predicted octanol–water partition coefficient (Wildman–Crippen LogP) is 2.68. The van der Waals surface area contributed by atoms with Gasteiger partial charge in [-0.05, 0) is 32.2 Å². The highest BCUT2D eigenvalue weighted by molar-refractivity contribution is 7.93. The van der Waals surface area contributed by atoms with Crippen molar-refractivity contribution in [1.82, 2.24) is 5.32 Å². The van der Waals surface area contributed by atoms with E-state index in [1.54, 1.807) is 11.4 Å². The molecule has 1 N–H and O–H groups in total. The van der Waals surface area contributed by atoms with Crippen LogP contribution in [0.3, 0.4) is 0 Å². The molecule has 0 amide bonds. The Morgan fingerprint density at radius 2 is 1.95 bits per heavy atom. The van der Waals surface area contributed by atoms with Crippen molar-refractivity contribution in [3.63, 3.8) is 0 Å². The molecular weight excluding hydrogens is 292 g/mol. The maximum absolute atomic E-state index is 12.7. The molecule has 0 aliphatic carbocycles. The van der Waals surface area contributed by atoms with E-state index < -0.39 is 10.0 Å². The molecule has 1 aromatic heterocycles. The van der Waals surface area contributed by atoms with Gasteiger partial charge in [0, 0.05) is 23.3 Å².